The van der Waals surface area contributed by atoms with Gasteiger partial charge in [-0.15, -0.1) is 0 Å². The summed E-state index contributed by atoms with van der Waals surface area (Å²) in [6.45, 7) is 2.13. The average Bonchev–Trinajstić information content (AvgIpc) is 2.63. The monoisotopic (exact) mass is 322 g/mol. The van der Waals surface area contributed by atoms with E-state index in [1.165, 1.54) is 5.56 Å². The van der Waals surface area contributed by atoms with Gasteiger partial charge in [0.1, 0.15) is 11.5 Å². The Balaban J connectivity index is 1.89. The molecule has 0 heterocycles. The summed E-state index contributed by atoms with van der Waals surface area (Å²) in [5.74, 6) is 1.71. The fourth-order valence-corrected chi connectivity index (χ4v) is 3.56. The van der Waals surface area contributed by atoms with Crippen molar-refractivity contribution in [3.05, 3.63) is 90.5 Å². The van der Waals surface area contributed by atoms with Crippen LogP contribution in [0.3, 0.4) is 0 Å². The molecule has 0 aliphatic heterocycles. The Morgan fingerprint density at radius 1 is 0.696 bits per heavy atom. The van der Waals surface area contributed by atoms with E-state index in [9.17, 15) is 0 Å². The lowest BCUT2D eigenvalue weighted by Gasteiger charge is -2.20. The smallest absolute Gasteiger partial charge is 0.326 e. The van der Waals surface area contributed by atoms with Gasteiger partial charge in [-0.2, -0.15) is 0 Å². The van der Waals surface area contributed by atoms with Crippen molar-refractivity contribution < 1.29 is 9.05 Å². The topological polar surface area (TPSA) is 18.5 Å². The lowest BCUT2D eigenvalue weighted by molar-refractivity contribution is 0.498. The molecule has 0 aliphatic carbocycles. The molecule has 0 N–H and O–H groups in total. The summed E-state index contributed by atoms with van der Waals surface area (Å²) >= 11 is 0. The van der Waals surface area contributed by atoms with Crippen molar-refractivity contribution in [1.82, 2.24) is 0 Å². The van der Waals surface area contributed by atoms with Crippen LogP contribution in [0.25, 0.3) is 0 Å². The first-order chi connectivity index (χ1) is 11.4. The standard InChI is InChI=1S/C20H19O2P/c1-2-17-11-9-10-16-20(17)22-23(19-14-7-4-8-15-19)21-18-12-5-3-6-13-18/h3-16H,2H2,1H3. The summed E-state index contributed by atoms with van der Waals surface area (Å²) in [6.07, 6.45) is 0.930. The molecule has 0 amide bonds. The van der Waals surface area contributed by atoms with E-state index in [4.69, 9.17) is 9.05 Å². The van der Waals surface area contributed by atoms with Crippen LogP contribution in [-0.4, -0.2) is 0 Å². The zero-order chi connectivity index (χ0) is 15.9. The third-order valence-electron chi connectivity index (χ3n) is 3.43. The summed E-state index contributed by atoms with van der Waals surface area (Å²) < 4.78 is 12.4. The average molecular weight is 322 g/mol. The molecule has 0 aliphatic rings. The van der Waals surface area contributed by atoms with Crippen LogP contribution in [0.15, 0.2) is 84.9 Å². The van der Waals surface area contributed by atoms with Crippen molar-refractivity contribution in [1.29, 1.82) is 0 Å². The van der Waals surface area contributed by atoms with E-state index >= 15 is 0 Å². The highest BCUT2D eigenvalue weighted by molar-refractivity contribution is 7.56. The van der Waals surface area contributed by atoms with Gasteiger partial charge in [0.05, 0.1) is 5.30 Å². The first-order valence-corrected chi connectivity index (χ1v) is 8.88. The molecule has 3 rings (SSSR count). The Kier molecular flexibility index (Phi) is 5.29. The summed E-state index contributed by atoms with van der Waals surface area (Å²) in [4.78, 5) is 0. The highest BCUT2D eigenvalue weighted by Crippen LogP contribution is 2.40. The van der Waals surface area contributed by atoms with Crippen LogP contribution in [0.4, 0.5) is 0 Å². The van der Waals surface area contributed by atoms with Crippen molar-refractivity contribution in [2.75, 3.05) is 0 Å². The van der Waals surface area contributed by atoms with Gasteiger partial charge in [0, 0.05) is 0 Å². The van der Waals surface area contributed by atoms with Crippen LogP contribution in [0, 0.1) is 0 Å². The SMILES string of the molecule is CCc1ccccc1OP(Oc1ccccc1)c1ccccc1. The Labute approximate surface area is 138 Å². The second kappa shape index (κ2) is 7.80. The predicted molar refractivity (Wildman–Crippen MR) is 96.5 cm³/mol. The highest BCUT2D eigenvalue weighted by Gasteiger charge is 2.19. The molecule has 1 unspecified atom stereocenters. The van der Waals surface area contributed by atoms with E-state index in [-0.39, 0.29) is 0 Å². The number of benzene rings is 3. The summed E-state index contributed by atoms with van der Waals surface area (Å²) in [7, 11) is -1.23. The van der Waals surface area contributed by atoms with Gasteiger partial charge in [-0.25, -0.2) is 0 Å². The van der Waals surface area contributed by atoms with Gasteiger partial charge < -0.3 is 9.05 Å². The Bertz CT molecular complexity index is 729. The minimum atomic E-state index is -1.23. The van der Waals surface area contributed by atoms with Crippen LogP contribution in [0.1, 0.15) is 12.5 Å². The molecule has 3 aromatic rings. The van der Waals surface area contributed by atoms with Gasteiger partial charge in [0.25, 0.3) is 0 Å². The number of hydrogen-bond acceptors (Lipinski definition) is 2. The van der Waals surface area contributed by atoms with Crippen LogP contribution < -0.4 is 14.4 Å². The maximum Gasteiger partial charge on any atom is 0.326 e. The van der Waals surface area contributed by atoms with Crippen molar-refractivity contribution in [3.8, 4) is 11.5 Å². The summed E-state index contributed by atoms with van der Waals surface area (Å²) in [5.41, 5.74) is 1.19. The molecule has 23 heavy (non-hydrogen) atoms. The van der Waals surface area contributed by atoms with E-state index in [0.717, 1.165) is 23.2 Å². The van der Waals surface area contributed by atoms with Crippen molar-refractivity contribution in [3.63, 3.8) is 0 Å². The van der Waals surface area contributed by atoms with Crippen LogP contribution in [0.2, 0.25) is 0 Å². The molecular formula is C20H19O2P. The molecule has 2 nitrogen and oxygen atoms in total. The molecule has 0 spiro atoms. The molecule has 3 heteroatoms. The van der Waals surface area contributed by atoms with Gasteiger partial charge in [-0.05, 0) is 42.3 Å². The fraction of sp³-hybridized carbons (Fsp3) is 0.100. The van der Waals surface area contributed by atoms with E-state index in [2.05, 4.69) is 13.0 Å². The second-order valence-corrected chi connectivity index (χ2v) is 6.45. The third kappa shape index (κ3) is 4.12. The predicted octanol–water partition coefficient (Wildman–Crippen LogP) is 5.34. The first kappa shape index (κ1) is 15.6. The lowest BCUT2D eigenvalue weighted by atomic mass is 10.1. The molecule has 0 aromatic heterocycles. The first-order valence-electron chi connectivity index (χ1n) is 7.71. The van der Waals surface area contributed by atoms with Crippen LogP contribution in [-0.2, 0) is 6.42 Å². The quantitative estimate of drug-likeness (QED) is 0.570. The zero-order valence-corrected chi connectivity index (χ0v) is 13.9. The van der Waals surface area contributed by atoms with E-state index in [1.807, 2.05) is 78.9 Å². The Hall–Kier alpha value is -2.31. The van der Waals surface area contributed by atoms with Crippen molar-refractivity contribution >= 4 is 13.7 Å². The fourth-order valence-electron chi connectivity index (χ4n) is 2.23. The van der Waals surface area contributed by atoms with Gasteiger partial charge in [-0.3, -0.25) is 0 Å². The molecule has 1 atom stereocenters. The maximum atomic E-state index is 6.27. The normalized spacial score (nSPS) is 11.7. The van der Waals surface area contributed by atoms with Crippen molar-refractivity contribution in [2.24, 2.45) is 0 Å². The molecule has 0 saturated heterocycles. The molecule has 0 fully saturated rings. The van der Waals surface area contributed by atoms with Crippen molar-refractivity contribution in [2.45, 2.75) is 13.3 Å². The molecule has 116 valence electrons. The van der Waals surface area contributed by atoms with E-state index in [1.54, 1.807) is 0 Å². The minimum Gasteiger partial charge on any atom is -0.435 e. The lowest BCUT2D eigenvalue weighted by Crippen LogP contribution is -2.10. The molecule has 0 radical (unpaired) electrons. The Morgan fingerprint density at radius 2 is 1.30 bits per heavy atom. The molecule has 0 saturated carbocycles. The number of hydrogen-bond donors (Lipinski definition) is 0. The van der Waals surface area contributed by atoms with Gasteiger partial charge >= 0.3 is 8.38 Å². The van der Waals surface area contributed by atoms with E-state index < -0.39 is 8.38 Å². The van der Waals surface area contributed by atoms with Gasteiger partial charge in [-0.1, -0.05) is 61.5 Å². The highest BCUT2D eigenvalue weighted by atomic mass is 31.2. The van der Waals surface area contributed by atoms with Gasteiger partial charge in [0.15, 0.2) is 0 Å². The summed E-state index contributed by atoms with van der Waals surface area (Å²) in [6, 6.07) is 28.0. The number of rotatable bonds is 6. The van der Waals surface area contributed by atoms with Crippen LogP contribution in [0.5, 0.6) is 11.5 Å². The molecule has 0 bridgehead atoms. The third-order valence-corrected chi connectivity index (χ3v) is 4.89. The minimum absolute atomic E-state index is 0.816. The number of para-hydroxylation sites is 2. The second-order valence-electron chi connectivity index (χ2n) is 5.05. The largest absolute Gasteiger partial charge is 0.435 e. The van der Waals surface area contributed by atoms with Crippen LogP contribution >= 0.6 is 8.38 Å². The summed E-state index contributed by atoms with van der Waals surface area (Å²) in [5, 5.41) is 1.05. The Morgan fingerprint density at radius 3 is 2.00 bits per heavy atom. The van der Waals surface area contributed by atoms with E-state index in [0.29, 0.717) is 0 Å². The van der Waals surface area contributed by atoms with Gasteiger partial charge in [0.2, 0.25) is 0 Å². The zero-order valence-electron chi connectivity index (χ0n) is 13.1. The molecular weight excluding hydrogens is 303 g/mol. The molecule has 3 aromatic carbocycles. The number of aryl methyl sites for hydroxylation is 1. The maximum absolute atomic E-state index is 6.27.